The molecule has 1 aromatic heterocycles. The third kappa shape index (κ3) is 4.58. The fourth-order valence-electron chi connectivity index (χ4n) is 2.97. The molecule has 5 nitrogen and oxygen atoms in total. The van der Waals surface area contributed by atoms with Gasteiger partial charge in [0, 0.05) is 29.8 Å². The lowest BCUT2D eigenvalue weighted by Gasteiger charge is -2.35. The van der Waals surface area contributed by atoms with Crippen molar-refractivity contribution in [1.29, 1.82) is 0 Å². The highest BCUT2D eigenvalue weighted by atomic mass is 79.9. The molecule has 0 spiro atoms. The van der Waals surface area contributed by atoms with Gasteiger partial charge in [0.25, 0.3) is 5.91 Å². The van der Waals surface area contributed by atoms with Crippen LogP contribution in [-0.2, 0) is 0 Å². The molecule has 132 valence electrons. The summed E-state index contributed by atoms with van der Waals surface area (Å²) in [6.07, 6.45) is 3.60. The van der Waals surface area contributed by atoms with Gasteiger partial charge < -0.3 is 14.5 Å². The maximum Gasteiger partial charge on any atom is 0.255 e. The molecule has 1 fully saturated rings. The second-order valence-electron chi connectivity index (χ2n) is 6.40. The summed E-state index contributed by atoms with van der Waals surface area (Å²) in [4.78, 5) is 21.1. The van der Waals surface area contributed by atoms with Crippen molar-refractivity contribution in [3.8, 4) is 11.6 Å². The monoisotopic (exact) mass is 403 g/mol. The van der Waals surface area contributed by atoms with Gasteiger partial charge in [-0.15, -0.1) is 0 Å². The quantitative estimate of drug-likeness (QED) is 0.778. The van der Waals surface area contributed by atoms with Crippen molar-refractivity contribution < 1.29 is 9.53 Å². The van der Waals surface area contributed by atoms with Crippen LogP contribution >= 0.6 is 15.9 Å². The molecule has 0 N–H and O–H groups in total. The van der Waals surface area contributed by atoms with Crippen molar-refractivity contribution in [1.82, 2.24) is 14.8 Å². The molecule has 1 amide bonds. The molecule has 25 heavy (non-hydrogen) atoms. The van der Waals surface area contributed by atoms with Gasteiger partial charge in [0.05, 0.1) is 5.56 Å². The van der Waals surface area contributed by atoms with E-state index in [-0.39, 0.29) is 5.91 Å². The molecule has 1 saturated heterocycles. The number of likely N-dealkylation sites (tertiary alicyclic amines) is 1. The van der Waals surface area contributed by atoms with Crippen molar-refractivity contribution >= 4 is 21.8 Å². The first-order chi connectivity index (χ1) is 12.0. The third-order valence-electron chi connectivity index (χ3n) is 4.56. The normalized spacial score (nSPS) is 15.8. The summed E-state index contributed by atoms with van der Waals surface area (Å²) in [6.45, 7) is 2.06. The topological polar surface area (TPSA) is 45.7 Å². The van der Waals surface area contributed by atoms with Crippen LogP contribution in [0.2, 0.25) is 0 Å². The Morgan fingerprint density at radius 1 is 1.28 bits per heavy atom. The molecule has 3 rings (SSSR count). The highest BCUT2D eigenvalue weighted by molar-refractivity contribution is 9.10. The van der Waals surface area contributed by atoms with Crippen LogP contribution in [-0.4, -0.2) is 53.9 Å². The maximum absolute atomic E-state index is 12.7. The number of benzene rings is 1. The summed E-state index contributed by atoms with van der Waals surface area (Å²) in [6, 6.07) is 11.4. The number of hydrogen-bond acceptors (Lipinski definition) is 4. The zero-order valence-electron chi connectivity index (χ0n) is 14.5. The number of halogens is 1. The van der Waals surface area contributed by atoms with E-state index < -0.39 is 0 Å². The first-order valence-corrected chi connectivity index (χ1v) is 9.17. The number of pyridine rings is 1. The maximum atomic E-state index is 12.7. The molecule has 0 unspecified atom stereocenters. The minimum Gasteiger partial charge on any atom is -0.439 e. The van der Waals surface area contributed by atoms with Crippen LogP contribution in [0.5, 0.6) is 11.6 Å². The summed E-state index contributed by atoms with van der Waals surface area (Å²) in [7, 11) is 4.00. The summed E-state index contributed by atoms with van der Waals surface area (Å²) in [5, 5.41) is 0. The largest absolute Gasteiger partial charge is 0.439 e. The van der Waals surface area contributed by atoms with Crippen LogP contribution in [0.15, 0.2) is 47.1 Å². The van der Waals surface area contributed by atoms with E-state index in [1.165, 1.54) is 0 Å². The number of rotatable bonds is 4. The number of carbonyl (C=O) groups excluding carboxylic acids is 1. The van der Waals surface area contributed by atoms with E-state index >= 15 is 0 Å². The molecule has 2 aromatic rings. The number of amides is 1. The van der Waals surface area contributed by atoms with Gasteiger partial charge in [-0.1, -0.05) is 22.0 Å². The van der Waals surface area contributed by atoms with E-state index in [1.807, 2.05) is 36.2 Å². The summed E-state index contributed by atoms with van der Waals surface area (Å²) in [5.74, 6) is 1.18. The van der Waals surface area contributed by atoms with Gasteiger partial charge in [-0.2, -0.15) is 0 Å². The predicted molar refractivity (Wildman–Crippen MR) is 101 cm³/mol. The summed E-state index contributed by atoms with van der Waals surface area (Å²) >= 11 is 3.41. The number of carbonyl (C=O) groups is 1. The average molecular weight is 404 g/mol. The predicted octanol–water partition coefficient (Wildman–Crippen LogP) is 3.80. The number of aromatic nitrogens is 1. The van der Waals surface area contributed by atoms with Gasteiger partial charge in [0.15, 0.2) is 0 Å². The van der Waals surface area contributed by atoms with Crippen molar-refractivity contribution in [3.05, 3.63) is 52.6 Å². The molecule has 0 atom stereocenters. The number of hydrogen-bond donors (Lipinski definition) is 0. The smallest absolute Gasteiger partial charge is 0.255 e. The minimum atomic E-state index is 0.0102. The first-order valence-electron chi connectivity index (χ1n) is 8.38. The molecule has 1 aliphatic rings. The molecule has 1 aliphatic heterocycles. The van der Waals surface area contributed by atoms with Crippen LogP contribution in [0, 0.1) is 0 Å². The second kappa shape index (κ2) is 7.97. The molecule has 1 aromatic carbocycles. The highest BCUT2D eigenvalue weighted by Crippen LogP contribution is 2.23. The van der Waals surface area contributed by atoms with Crippen LogP contribution in [0.25, 0.3) is 0 Å². The summed E-state index contributed by atoms with van der Waals surface area (Å²) < 4.78 is 6.65. The Kier molecular flexibility index (Phi) is 5.71. The Hall–Kier alpha value is -1.92. The lowest BCUT2D eigenvalue weighted by molar-refractivity contribution is 0.0659. The van der Waals surface area contributed by atoms with Gasteiger partial charge in [-0.3, -0.25) is 4.79 Å². The fraction of sp³-hybridized carbons (Fsp3) is 0.368. The lowest BCUT2D eigenvalue weighted by Crippen LogP contribution is -2.44. The van der Waals surface area contributed by atoms with Gasteiger partial charge in [-0.05, 0) is 57.2 Å². The zero-order chi connectivity index (χ0) is 17.8. The van der Waals surface area contributed by atoms with Crippen LogP contribution in [0.4, 0.5) is 0 Å². The average Bonchev–Trinajstić information content (AvgIpc) is 2.62. The SMILES string of the molecule is CN1CCC(N(C)C(=O)c2ccc(Oc3cccc(Br)c3)nc2)CC1. The van der Waals surface area contributed by atoms with Gasteiger partial charge in [0.1, 0.15) is 5.75 Å². The van der Waals surface area contributed by atoms with Crippen LogP contribution in [0.1, 0.15) is 23.2 Å². The van der Waals surface area contributed by atoms with Crippen molar-refractivity contribution in [2.45, 2.75) is 18.9 Å². The molecular weight excluding hydrogens is 382 g/mol. The van der Waals surface area contributed by atoms with Crippen molar-refractivity contribution in [2.75, 3.05) is 27.2 Å². The Balaban J connectivity index is 1.64. The fourth-order valence-corrected chi connectivity index (χ4v) is 3.35. The van der Waals surface area contributed by atoms with E-state index in [4.69, 9.17) is 4.74 Å². The molecule has 0 bridgehead atoms. The van der Waals surface area contributed by atoms with E-state index in [0.717, 1.165) is 30.4 Å². The van der Waals surface area contributed by atoms with E-state index in [2.05, 4.69) is 32.9 Å². The van der Waals surface area contributed by atoms with Crippen molar-refractivity contribution in [2.24, 2.45) is 0 Å². The summed E-state index contributed by atoms with van der Waals surface area (Å²) in [5.41, 5.74) is 0.586. The van der Waals surface area contributed by atoms with Gasteiger partial charge in [0.2, 0.25) is 5.88 Å². The number of nitrogens with zero attached hydrogens (tertiary/aromatic N) is 3. The van der Waals surface area contributed by atoms with E-state index in [0.29, 0.717) is 23.2 Å². The standard InChI is InChI=1S/C19H22BrN3O2/c1-22-10-8-16(9-11-22)23(2)19(24)14-6-7-18(21-13-14)25-17-5-3-4-15(20)12-17/h3-7,12-13,16H,8-11H2,1-2H3. The molecular formula is C19H22BrN3O2. The second-order valence-corrected chi connectivity index (χ2v) is 7.31. The number of ether oxygens (including phenoxy) is 1. The Labute approximate surface area is 156 Å². The van der Waals surface area contributed by atoms with Crippen LogP contribution in [0.3, 0.4) is 0 Å². The first kappa shape index (κ1) is 17.9. The zero-order valence-corrected chi connectivity index (χ0v) is 16.1. The Morgan fingerprint density at radius 2 is 2.04 bits per heavy atom. The molecule has 0 saturated carbocycles. The lowest BCUT2D eigenvalue weighted by atomic mass is 10.0. The molecule has 0 radical (unpaired) electrons. The molecule has 0 aliphatic carbocycles. The van der Waals surface area contributed by atoms with Crippen molar-refractivity contribution in [3.63, 3.8) is 0 Å². The van der Waals surface area contributed by atoms with E-state index in [9.17, 15) is 4.79 Å². The molecule has 2 heterocycles. The Bertz CT molecular complexity index is 728. The third-order valence-corrected chi connectivity index (χ3v) is 5.05. The molecule has 6 heteroatoms. The van der Waals surface area contributed by atoms with Gasteiger partial charge >= 0.3 is 0 Å². The van der Waals surface area contributed by atoms with Crippen LogP contribution < -0.4 is 4.74 Å². The Morgan fingerprint density at radius 3 is 2.68 bits per heavy atom. The minimum absolute atomic E-state index is 0.0102. The number of piperidine rings is 1. The van der Waals surface area contributed by atoms with E-state index in [1.54, 1.807) is 18.3 Å². The highest BCUT2D eigenvalue weighted by Gasteiger charge is 2.24. The van der Waals surface area contributed by atoms with Gasteiger partial charge in [-0.25, -0.2) is 4.98 Å².